The zero-order valence-electron chi connectivity index (χ0n) is 25.5. The van der Waals surface area contributed by atoms with Crippen LogP contribution < -0.4 is 0 Å². The average Bonchev–Trinajstić information content (AvgIpc) is 3.46. The molecule has 0 spiro atoms. The Morgan fingerprint density at radius 3 is 1.82 bits per heavy atom. The maximum atomic E-state index is 4.11. The normalized spacial score (nSPS) is 11.0. The van der Waals surface area contributed by atoms with Gasteiger partial charge in [-0.1, -0.05) is 75.6 Å². The van der Waals surface area contributed by atoms with Crippen LogP contribution in [0, 0.1) is 20.8 Å². The molecule has 40 heavy (non-hydrogen) atoms. The molecule has 5 aromatic rings. The molecule has 0 fully saturated rings. The van der Waals surface area contributed by atoms with Crippen molar-refractivity contribution in [3.05, 3.63) is 126 Å². The summed E-state index contributed by atoms with van der Waals surface area (Å²) in [6.07, 6.45) is 12.1. The van der Waals surface area contributed by atoms with E-state index in [1.807, 2.05) is 52.0 Å². The maximum absolute atomic E-state index is 4.11. The lowest BCUT2D eigenvalue weighted by molar-refractivity contribution is 1.04. The van der Waals surface area contributed by atoms with E-state index in [0.717, 1.165) is 22.6 Å². The van der Waals surface area contributed by atoms with Crippen LogP contribution in [0.25, 0.3) is 51.4 Å². The van der Waals surface area contributed by atoms with E-state index in [-0.39, 0.29) is 0 Å². The lowest BCUT2D eigenvalue weighted by Crippen LogP contribution is -2.00. The van der Waals surface area contributed by atoms with Crippen molar-refractivity contribution < 1.29 is 0 Å². The molecule has 0 bridgehead atoms. The number of aromatic nitrogens is 2. The number of rotatable bonds is 5. The highest BCUT2D eigenvalue weighted by molar-refractivity contribution is 6.10. The van der Waals surface area contributed by atoms with Gasteiger partial charge in [0.2, 0.25) is 0 Å². The van der Waals surface area contributed by atoms with Gasteiger partial charge in [0.25, 0.3) is 0 Å². The second-order valence-electron chi connectivity index (χ2n) is 9.54. The van der Waals surface area contributed by atoms with Gasteiger partial charge in [-0.25, -0.2) is 0 Å². The molecule has 0 aliphatic carbocycles. The van der Waals surface area contributed by atoms with Crippen LogP contribution in [0.2, 0.25) is 0 Å². The van der Waals surface area contributed by atoms with Gasteiger partial charge in [-0.05, 0) is 107 Å². The Hall–Kier alpha value is -4.30. The molecule has 2 heterocycles. The summed E-state index contributed by atoms with van der Waals surface area (Å²) < 4.78 is 4.67. The first-order chi connectivity index (χ1) is 19.4. The number of nitrogens with zero attached hydrogens (tertiary/aromatic N) is 2. The summed E-state index contributed by atoms with van der Waals surface area (Å²) in [7, 11) is 0. The summed E-state index contributed by atoms with van der Waals surface area (Å²) in [6, 6.07) is 22.1. The predicted octanol–water partition coefficient (Wildman–Crippen LogP) is 11.4. The van der Waals surface area contributed by atoms with Crippen LogP contribution in [-0.4, -0.2) is 9.13 Å². The molecule has 3 aromatic carbocycles. The summed E-state index contributed by atoms with van der Waals surface area (Å²) in [5.74, 6) is 0. The van der Waals surface area contributed by atoms with E-state index in [9.17, 15) is 0 Å². The second kappa shape index (κ2) is 13.7. The van der Waals surface area contributed by atoms with Gasteiger partial charge in [-0.3, -0.25) is 0 Å². The molecule has 0 unspecified atom stereocenters. The van der Waals surface area contributed by atoms with Gasteiger partial charge in [-0.2, -0.15) is 0 Å². The third-order valence-corrected chi connectivity index (χ3v) is 7.26. The highest BCUT2D eigenvalue weighted by Gasteiger charge is 2.18. The van der Waals surface area contributed by atoms with Crippen molar-refractivity contribution in [3.63, 3.8) is 0 Å². The minimum atomic E-state index is 1.07. The Morgan fingerprint density at radius 2 is 1.23 bits per heavy atom. The molecule has 0 atom stereocenters. The predicted molar refractivity (Wildman–Crippen MR) is 181 cm³/mol. The van der Waals surface area contributed by atoms with Crippen LogP contribution in [0.1, 0.15) is 68.3 Å². The summed E-state index contributed by atoms with van der Waals surface area (Å²) in [6.45, 7) is 24.7. The number of para-hydroxylation sites is 1. The molecular formula is C38H44N2. The fourth-order valence-corrected chi connectivity index (χ4v) is 5.09. The molecule has 206 valence electrons. The van der Waals surface area contributed by atoms with Crippen LogP contribution in [-0.2, 0) is 0 Å². The molecule has 2 aromatic heterocycles. The Kier molecular flexibility index (Phi) is 10.3. The Balaban J connectivity index is 0.000000677. The van der Waals surface area contributed by atoms with Crippen LogP contribution in [0.5, 0.6) is 0 Å². The minimum absolute atomic E-state index is 1.07. The number of fused-ring (bicyclic) bond motifs is 3. The lowest BCUT2D eigenvalue weighted by Gasteiger charge is -2.13. The lowest BCUT2D eigenvalue weighted by atomic mass is 10.1. The fourth-order valence-electron chi connectivity index (χ4n) is 5.09. The quantitative estimate of drug-likeness (QED) is 0.201. The van der Waals surface area contributed by atoms with Crippen molar-refractivity contribution in [3.8, 4) is 11.4 Å². The molecule has 2 nitrogen and oxygen atoms in total. The summed E-state index contributed by atoms with van der Waals surface area (Å²) in [4.78, 5) is 0. The van der Waals surface area contributed by atoms with Gasteiger partial charge in [0.15, 0.2) is 0 Å². The number of hydrogen-bond donors (Lipinski definition) is 0. The molecule has 2 heteroatoms. The van der Waals surface area contributed by atoms with Crippen molar-refractivity contribution in [2.45, 2.75) is 55.4 Å². The number of hydrogen-bond acceptors (Lipinski definition) is 0. The van der Waals surface area contributed by atoms with E-state index in [1.54, 1.807) is 0 Å². The van der Waals surface area contributed by atoms with E-state index in [4.69, 9.17) is 0 Å². The van der Waals surface area contributed by atoms with Gasteiger partial charge in [0, 0.05) is 33.4 Å². The van der Waals surface area contributed by atoms with Gasteiger partial charge >= 0.3 is 0 Å². The molecule has 0 aliphatic rings. The van der Waals surface area contributed by atoms with Crippen LogP contribution in [0.3, 0.4) is 0 Å². The average molecular weight is 529 g/mol. The van der Waals surface area contributed by atoms with Crippen molar-refractivity contribution in [2.24, 2.45) is 0 Å². The van der Waals surface area contributed by atoms with Crippen molar-refractivity contribution >= 4 is 40.0 Å². The molecule has 0 N–H and O–H groups in total. The summed E-state index contributed by atoms with van der Waals surface area (Å²) in [5, 5.41) is 2.48. The Morgan fingerprint density at radius 1 is 0.600 bits per heavy atom. The van der Waals surface area contributed by atoms with Gasteiger partial charge in [0.05, 0.1) is 16.7 Å². The number of aryl methyl sites for hydroxylation is 2. The molecule has 0 amide bonds. The largest absolute Gasteiger partial charge is 0.310 e. The van der Waals surface area contributed by atoms with Crippen molar-refractivity contribution in [1.82, 2.24) is 9.13 Å². The highest BCUT2D eigenvalue weighted by Crippen LogP contribution is 2.36. The van der Waals surface area contributed by atoms with Crippen molar-refractivity contribution in [2.75, 3.05) is 0 Å². The Bertz CT molecular complexity index is 1700. The van der Waals surface area contributed by atoms with E-state index in [0.29, 0.717) is 0 Å². The third kappa shape index (κ3) is 5.53. The van der Waals surface area contributed by atoms with E-state index >= 15 is 0 Å². The number of allylic oxidation sites excluding steroid dienone is 3. The zero-order valence-corrected chi connectivity index (χ0v) is 25.5. The SMILES string of the molecule is C/C=C\C.C=Cc1c(C)c(/C=C\C)n(-c2ccc3c(c2)c2ccccc2n3-c2ccc(C)c(C)c2)c1C=C.CC. The first-order valence-corrected chi connectivity index (χ1v) is 14.2. The first-order valence-electron chi connectivity index (χ1n) is 14.2. The fraction of sp³-hybridized carbons (Fsp3) is 0.211. The summed E-state index contributed by atoms with van der Waals surface area (Å²) in [5.41, 5.74) is 11.9. The first kappa shape index (κ1) is 30.2. The third-order valence-electron chi connectivity index (χ3n) is 7.26. The minimum Gasteiger partial charge on any atom is -0.310 e. The molecule has 0 radical (unpaired) electrons. The van der Waals surface area contributed by atoms with Gasteiger partial charge in [0.1, 0.15) is 0 Å². The van der Waals surface area contributed by atoms with E-state index in [2.05, 4.69) is 123 Å². The second-order valence-corrected chi connectivity index (χ2v) is 9.54. The van der Waals surface area contributed by atoms with Crippen LogP contribution in [0.15, 0.2) is 92.0 Å². The van der Waals surface area contributed by atoms with Crippen LogP contribution in [0.4, 0.5) is 0 Å². The summed E-state index contributed by atoms with van der Waals surface area (Å²) >= 11 is 0. The monoisotopic (exact) mass is 528 g/mol. The smallest absolute Gasteiger partial charge is 0.0542 e. The Labute approximate surface area is 241 Å². The van der Waals surface area contributed by atoms with Gasteiger partial charge in [-0.15, -0.1) is 0 Å². The molecule has 0 aliphatic heterocycles. The van der Waals surface area contributed by atoms with E-state index in [1.165, 1.54) is 44.2 Å². The molecule has 5 rings (SSSR count). The van der Waals surface area contributed by atoms with Crippen LogP contribution >= 0.6 is 0 Å². The maximum Gasteiger partial charge on any atom is 0.0542 e. The topological polar surface area (TPSA) is 9.86 Å². The molecular weight excluding hydrogens is 484 g/mol. The number of benzene rings is 3. The molecule has 0 saturated carbocycles. The van der Waals surface area contributed by atoms with E-state index < -0.39 is 0 Å². The van der Waals surface area contributed by atoms with Gasteiger partial charge < -0.3 is 9.13 Å². The standard InChI is InChI=1S/C32H30N2.C4H8.C2H6/c1-7-12-30-23(6)26(8-2)29(9-3)33(30)25-17-18-32-28(20-25)27-13-10-11-14-31(27)34(32)24-16-15-21(4)22(5)19-24;1-3-4-2;1-2/h7-20H,2-3H2,1,4-6H3;3-4H,1-2H3;1-2H3/b12-7-;4-3-;. The zero-order chi connectivity index (χ0) is 29.4. The molecule has 0 saturated heterocycles. The van der Waals surface area contributed by atoms with Crippen molar-refractivity contribution in [1.29, 1.82) is 0 Å². The highest BCUT2D eigenvalue weighted by atomic mass is 15.0.